The van der Waals surface area contributed by atoms with Crippen LogP contribution < -0.4 is 5.73 Å². The first-order valence-electron chi connectivity index (χ1n) is 9.18. The van der Waals surface area contributed by atoms with Gasteiger partial charge < -0.3 is 9.97 Å². The van der Waals surface area contributed by atoms with Crippen molar-refractivity contribution in [3.8, 4) is 0 Å². The van der Waals surface area contributed by atoms with E-state index in [9.17, 15) is 0 Å². The average molecular weight is 329 g/mol. The monoisotopic (exact) mass is 328 g/mol. The highest BCUT2D eigenvalue weighted by atomic mass is 28.3. The largest absolute Gasteiger partial charge is 0.369 e. The fraction of sp³-hybridized carbons (Fsp3) is 0.600. The summed E-state index contributed by atoms with van der Waals surface area (Å²) in [6, 6.07) is 9.33. The average Bonchev–Trinajstić information content (AvgIpc) is 2.98. The first-order chi connectivity index (χ1) is 10.8. The predicted molar refractivity (Wildman–Crippen MR) is 104 cm³/mol. The van der Waals surface area contributed by atoms with Crippen LogP contribution in [0.15, 0.2) is 24.3 Å². The molecule has 0 saturated carbocycles. The molecular weight excluding hydrogens is 296 g/mol. The van der Waals surface area contributed by atoms with Crippen LogP contribution >= 0.6 is 0 Å². The van der Waals surface area contributed by atoms with Gasteiger partial charge in [-0.25, -0.2) is 0 Å². The zero-order valence-corrected chi connectivity index (χ0v) is 16.6. The maximum Gasteiger partial charge on any atom is 0.170 e. The molecule has 1 aliphatic rings. The van der Waals surface area contributed by atoms with Crippen LogP contribution in [0.5, 0.6) is 0 Å². The van der Waals surface area contributed by atoms with Crippen LogP contribution in [-0.2, 0) is 0 Å². The second-order valence-electron chi connectivity index (χ2n) is 8.18. The number of hydrogen-bond acceptors (Lipinski definition) is 1. The highest BCUT2D eigenvalue weighted by Crippen LogP contribution is 2.54. The molecule has 1 fully saturated rings. The van der Waals surface area contributed by atoms with Crippen molar-refractivity contribution >= 4 is 19.1 Å². The summed E-state index contributed by atoms with van der Waals surface area (Å²) in [4.78, 5) is 0. The van der Waals surface area contributed by atoms with Crippen LogP contribution in [-0.4, -0.2) is 12.5 Å². The lowest BCUT2D eigenvalue weighted by atomic mass is 10.2. The lowest BCUT2D eigenvalue weighted by Crippen LogP contribution is -2.51. The van der Waals surface area contributed by atoms with Crippen molar-refractivity contribution in [2.75, 3.05) is 0 Å². The Kier molecular flexibility index (Phi) is 4.22. The first-order valence-corrected chi connectivity index (χ1v) is 11.4. The van der Waals surface area contributed by atoms with E-state index in [1.54, 1.807) is 0 Å². The third kappa shape index (κ3) is 2.32. The molecule has 1 saturated heterocycles. The summed E-state index contributed by atoms with van der Waals surface area (Å²) in [5, 5.41) is 1.36. The zero-order chi connectivity index (χ0) is 16.9. The smallest absolute Gasteiger partial charge is 0.170 e. The lowest BCUT2D eigenvalue weighted by molar-refractivity contribution is 0.737. The normalized spacial score (nSPS) is 29.6. The quantitative estimate of drug-likeness (QED) is 0.715. The third-order valence-corrected chi connectivity index (χ3v) is 13.2. The Hall–Kier alpha value is -1.06. The van der Waals surface area contributed by atoms with Crippen molar-refractivity contribution in [2.24, 2.45) is 5.73 Å². The summed E-state index contributed by atoms with van der Waals surface area (Å²) in [6.07, 6.45) is 2.74. The Morgan fingerprint density at radius 2 is 1.70 bits per heavy atom. The molecule has 2 aromatic rings. The Balaban J connectivity index is 2.40. The highest BCUT2D eigenvalue weighted by molar-refractivity contribution is 6.83. The summed E-state index contributed by atoms with van der Waals surface area (Å²) in [7, 11) is -1.70. The van der Waals surface area contributed by atoms with Gasteiger partial charge >= 0.3 is 0 Å². The molecule has 0 spiro atoms. The fourth-order valence-electron chi connectivity index (χ4n) is 5.38. The number of benzene rings is 1. The third-order valence-electron chi connectivity index (χ3n) is 6.38. The summed E-state index contributed by atoms with van der Waals surface area (Å²) < 4.78 is 2.78. The second-order valence-corrected chi connectivity index (χ2v) is 13.5. The molecule has 2 nitrogen and oxygen atoms in total. The number of rotatable bonds is 3. The molecule has 2 N–H and O–H groups in total. The molecular formula is C20H32N2Si. The van der Waals surface area contributed by atoms with Gasteiger partial charge in [-0.2, -0.15) is 0 Å². The van der Waals surface area contributed by atoms with Crippen LogP contribution in [0.1, 0.15) is 64.8 Å². The molecule has 2 heterocycles. The van der Waals surface area contributed by atoms with E-state index >= 15 is 0 Å². The predicted octanol–water partition coefficient (Wildman–Crippen LogP) is 5.75. The van der Waals surface area contributed by atoms with Crippen LogP contribution in [0.3, 0.4) is 0 Å². The Labute approximate surface area is 142 Å². The standard InChI is InChI=1S/C20H32N2Si/c1-13(2)23(15(4)8-9-16(23)5)22-19(17(6)21)12-18-10-7-14(3)11-20(18)22/h7,10-13,15-17H,8-9,21H2,1-6H3. The minimum Gasteiger partial charge on any atom is -0.369 e. The summed E-state index contributed by atoms with van der Waals surface area (Å²) in [5.41, 5.74) is 12.9. The molecule has 0 radical (unpaired) electrons. The maximum atomic E-state index is 6.44. The number of aromatic nitrogens is 1. The van der Waals surface area contributed by atoms with E-state index in [2.05, 4.69) is 70.0 Å². The molecule has 23 heavy (non-hydrogen) atoms. The molecule has 0 amide bonds. The number of hydrogen-bond donors (Lipinski definition) is 1. The molecule has 0 aliphatic carbocycles. The van der Waals surface area contributed by atoms with Crippen molar-refractivity contribution in [1.82, 2.24) is 4.23 Å². The number of fused-ring (bicyclic) bond motifs is 1. The van der Waals surface area contributed by atoms with Gasteiger partial charge in [0.05, 0.1) is 0 Å². The molecule has 0 bridgehead atoms. The maximum absolute atomic E-state index is 6.44. The van der Waals surface area contributed by atoms with Crippen LogP contribution in [0.25, 0.3) is 10.9 Å². The van der Waals surface area contributed by atoms with Crippen molar-refractivity contribution in [3.05, 3.63) is 35.5 Å². The molecule has 3 rings (SSSR count). The Morgan fingerprint density at radius 1 is 1.09 bits per heavy atom. The Bertz CT molecular complexity index is 704. The van der Waals surface area contributed by atoms with Gasteiger partial charge in [-0.3, -0.25) is 0 Å². The van der Waals surface area contributed by atoms with Gasteiger partial charge in [0.2, 0.25) is 0 Å². The number of nitrogens with zero attached hydrogens (tertiary/aromatic N) is 1. The Morgan fingerprint density at radius 3 is 2.22 bits per heavy atom. The van der Waals surface area contributed by atoms with E-state index in [0.717, 1.165) is 16.6 Å². The van der Waals surface area contributed by atoms with Crippen molar-refractivity contribution < 1.29 is 0 Å². The van der Waals surface area contributed by atoms with E-state index < -0.39 is 8.24 Å². The van der Waals surface area contributed by atoms with Gasteiger partial charge in [0.25, 0.3) is 0 Å². The van der Waals surface area contributed by atoms with Gasteiger partial charge in [-0.05, 0) is 53.6 Å². The van der Waals surface area contributed by atoms with Gasteiger partial charge in [0.15, 0.2) is 8.24 Å². The van der Waals surface area contributed by atoms with Gasteiger partial charge in [-0.15, -0.1) is 0 Å². The van der Waals surface area contributed by atoms with E-state index in [1.807, 2.05) is 0 Å². The minimum atomic E-state index is -1.70. The van der Waals surface area contributed by atoms with Gasteiger partial charge in [0, 0.05) is 17.3 Å². The highest BCUT2D eigenvalue weighted by Gasteiger charge is 2.53. The van der Waals surface area contributed by atoms with E-state index in [1.165, 1.54) is 35.0 Å². The van der Waals surface area contributed by atoms with Crippen LogP contribution in [0, 0.1) is 6.92 Å². The minimum absolute atomic E-state index is 0.0887. The first kappa shape index (κ1) is 16.8. The molecule has 1 aliphatic heterocycles. The van der Waals surface area contributed by atoms with Gasteiger partial charge in [-0.1, -0.05) is 52.7 Å². The molecule has 126 valence electrons. The van der Waals surface area contributed by atoms with E-state index in [-0.39, 0.29) is 6.04 Å². The van der Waals surface area contributed by atoms with E-state index in [0.29, 0.717) is 0 Å². The summed E-state index contributed by atoms with van der Waals surface area (Å²) >= 11 is 0. The van der Waals surface area contributed by atoms with Gasteiger partial charge in [0.1, 0.15) is 0 Å². The molecule has 1 aromatic heterocycles. The van der Waals surface area contributed by atoms with E-state index in [4.69, 9.17) is 5.73 Å². The molecule has 3 unspecified atom stereocenters. The SMILES string of the molecule is Cc1ccc2cc(C(C)N)n([Si]3(C(C)C)C(C)CCC3C)c2c1. The molecule has 3 atom stereocenters. The van der Waals surface area contributed by atoms with Crippen LogP contribution in [0.2, 0.25) is 16.6 Å². The number of aryl methyl sites for hydroxylation is 1. The second kappa shape index (κ2) is 5.78. The number of nitrogens with two attached hydrogens (primary N) is 1. The zero-order valence-electron chi connectivity index (χ0n) is 15.6. The fourth-order valence-corrected chi connectivity index (χ4v) is 12.6. The molecule has 1 aromatic carbocycles. The van der Waals surface area contributed by atoms with Crippen molar-refractivity contribution in [2.45, 2.75) is 77.0 Å². The lowest BCUT2D eigenvalue weighted by Gasteiger charge is -2.43. The summed E-state index contributed by atoms with van der Waals surface area (Å²) in [5.74, 6) is 0. The molecule has 3 heteroatoms. The van der Waals surface area contributed by atoms with Crippen LogP contribution in [0.4, 0.5) is 0 Å². The summed E-state index contributed by atoms with van der Waals surface area (Å²) in [6.45, 7) is 14.3. The van der Waals surface area contributed by atoms with Crippen molar-refractivity contribution in [3.63, 3.8) is 0 Å². The topological polar surface area (TPSA) is 30.9 Å². The van der Waals surface area contributed by atoms with Crippen molar-refractivity contribution in [1.29, 1.82) is 0 Å².